The van der Waals surface area contributed by atoms with Crippen LogP contribution >= 0.6 is 11.6 Å². The topological polar surface area (TPSA) is 98.0 Å². The van der Waals surface area contributed by atoms with Gasteiger partial charge in [0.15, 0.2) is 5.71 Å². The molecule has 1 atom stereocenters. The molecule has 324 valence electrons. The molecule has 0 radical (unpaired) electrons. The van der Waals surface area contributed by atoms with Crippen molar-refractivity contribution in [2.75, 3.05) is 34.4 Å². The first-order chi connectivity index (χ1) is 29.5. The Labute approximate surface area is 375 Å². The van der Waals surface area contributed by atoms with Crippen molar-refractivity contribution < 1.29 is 26.0 Å². The lowest BCUT2D eigenvalue weighted by Gasteiger charge is -2.29. The summed E-state index contributed by atoms with van der Waals surface area (Å²) in [6.07, 6.45) is 12.5. The van der Waals surface area contributed by atoms with Gasteiger partial charge in [0, 0.05) is 63.9 Å². The number of hydrogen-bond donors (Lipinski definition) is 2. The normalized spacial score (nSPS) is 18.6. The second kappa shape index (κ2) is 18.4. The van der Waals surface area contributed by atoms with E-state index in [4.69, 9.17) is 11.6 Å². The van der Waals surface area contributed by atoms with Crippen LogP contribution in [-0.2, 0) is 31.7 Å². The van der Waals surface area contributed by atoms with E-state index in [1.54, 1.807) is 0 Å². The number of thiol groups is 1. The number of nitrogens with zero attached hydrogens (tertiary/aromatic N) is 3. The Morgan fingerprint density at radius 3 is 2.42 bits per heavy atom. The van der Waals surface area contributed by atoms with Gasteiger partial charge in [-0.15, -0.1) is 0 Å². The van der Waals surface area contributed by atoms with Gasteiger partial charge in [-0.3, -0.25) is 4.55 Å². The Balaban J connectivity index is 1.37. The van der Waals surface area contributed by atoms with Gasteiger partial charge in [0.25, 0.3) is 10.1 Å². The zero-order chi connectivity index (χ0) is 44.4. The van der Waals surface area contributed by atoms with E-state index in [0.717, 1.165) is 75.8 Å². The Kier molecular flexibility index (Phi) is 13.4. The lowest BCUT2D eigenvalue weighted by Crippen LogP contribution is -2.28. The van der Waals surface area contributed by atoms with E-state index in [-0.39, 0.29) is 28.3 Å². The van der Waals surface area contributed by atoms with Crippen LogP contribution in [0.1, 0.15) is 83.4 Å². The molecule has 1 aliphatic carbocycles. The lowest BCUT2D eigenvalue weighted by atomic mass is 9.81. The summed E-state index contributed by atoms with van der Waals surface area (Å²) in [5, 5.41) is 0.680. The van der Waals surface area contributed by atoms with Crippen LogP contribution in [0, 0.1) is 25.0 Å². The number of benzene rings is 3. The van der Waals surface area contributed by atoms with Crippen molar-refractivity contribution in [2.45, 2.75) is 84.5 Å². The van der Waals surface area contributed by atoms with Crippen LogP contribution in [0.4, 0.5) is 22.7 Å². The van der Waals surface area contributed by atoms with E-state index in [1.807, 2.05) is 43.3 Å². The monoisotopic (exact) mass is 890 g/mol. The van der Waals surface area contributed by atoms with Crippen LogP contribution < -0.4 is 9.80 Å². The first kappa shape index (κ1) is 45.1. The van der Waals surface area contributed by atoms with Gasteiger partial charge < -0.3 is 9.80 Å². The summed E-state index contributed by atoms with van der Waals surface area (Å²) in [7, 11) is -6.52. The van der Waals surface area contributed by atoms with E-state index >= 15 is 0 Å². The number of para-hydroxylation sites is 1. The van der Waals surface area contributed by atoms with Gasteiger partial charge in [0.05, 0.1) is 22.6 Å². The first-order valence-corrected chi connectivity index (χ1v) is 24.8. The highest BCUT2D eigenvalue weighted by atomic mass is 35.5. The Morgan fingerprint density at radius 2 is 1.71 bits per heavy atom. The van der Waals surface area contributed by atoms with Crippen molar-refractivity contribution in [3.63, 3.8) is 0 Å². The second-order valence-corrected chi connectivity index (χ2v) is 20.9. The number of halogens is 1. The molecular formula is C51H57ClN3O5S2+. The zero-order valence-corrected chi connectivity index (χ0v) is 39.0. The van der Waals surface area contributed by atoms with Crippen molar-refractivity contribution >= 4 is 60.9 Å². The van der Waals surface area contributed by atoms with Gasteiger partial charge in [-0.05, 0) is 124 Å². The summed E-state index contributed by atoms with van der Waals surface area (Å²) in [5.41, 5.74) is 12.5. The van der Waals surface area contributed by atoms with Crippen LogP contribution in [0.5, 0.6) is 0 Å². The van der Waals surface area contributed by atoms with E-state index in [9.17, 15) is 21.4 Å². The van der Waals surface area contributed by atoms with Gasteiger partial charge in [-0.2, -0.15) is 13.0 Å². The number of aryl methyl sites for hydroxylation is 1. The smallest absolute Gasteiger partial charge is 0.265 e. The van der Waals surface area contributed by atoms with Crippen molar-refractivity contribution in [1.82, 2.24) is 0 Å². The molecule has 7 rings (SSSR count). The molecule has 0 spiro atoms. The number of anilines is 3. The van der Waals surface area contributed by atoms with Gasteiger partial charge in [0.2, 0.25) is 5.69 Å². The molecule has 4 aromatic carbocycles. The third-order valence-corrected chi connectivity index (χ3v) is 14.4. The predicted molar refractivity (Wildman–Crippen MR) is 255 cm³/mol. The van der Waals surface area contributed by atoms with Crippen LogP contribution in [0.25, 0.3) is 0 Å². The minimum atomic E-state index is -4.09. The Morgan fingerprint density at radius 1 is 0.935 bits per heavy atom. The van der Waals surface area contributed by atoms with E-state index < -0.39 is 20.8 Å². The highest BCUT2D eigenvalue weighted by molar-refractivity contribution is 7.85. The summed E-state index contributed by atoms with van der Waals surface area (Å²) < 4.78 is 58.4. The number of rotatable bonds is 16. The molecule has 2 aliphatic heterocycles. The minimum Gasteiger partial charge on any atom is -0.344 e. The first-order valence-electron chi connectivity index (χ1n) is 21.4. The van der Waals surface area contributed by atoms with Crippen molar-refractivity contribution in [2.24, 2.45) is 5.92 Å². The molecule has 4 aromatic rings. The molecule has 0 saturated heterocycles. The molecule has 62 heavy (non-hydrogen) atoms. The summed E-state index contributed by atoms with van der Waals surface area (Å²) in [5.74, 6) is -0.338. The van der Waals surface area contributed by atoms with E-state index in [0.29, 0.717) is 31.0 Å². The SMILES string of the molecule is Cc1ccc2c(c1)C(C)(C)/C(=C\C=C1/CCC(/C=C/C3=[N+](CCCC[SH](=O)=O)c4ccc(Cl)cc4C3(C)C)=C1N(c1c#cccc1)c1ccccc1)N2CCC(C)CS(=O)(=O)O. The maximum Gasteiger partial charge on any atom is 0.265 e. The molecule has 2 heterocycles. The molecule has 0 aromatic heterocycles. The van der Waals surface area contributed by atoms with Crippen molar-refractivity contribution in [3.05, 3.63) is 166 Å². The van der Waals surface area contributed by atoms with Crippen LogP contribution in [0.2, 0.25) is 5.02 Å². The molecule has 11 heteroatoms. The molecule has 0 saturated carbocycles. The number of allylic oxidation sites excluding steroid dienone is 7. The zero-order valence-electron chi connectivity index (χ0n) is 36.5. The Bertz CT molecular complexity index is 2630. The standard InChI is InChI=1S/C51H56ClN3O5S2/c1-36-19-25-45-43(33-36)50(3,4)48(54(45)31-29-37(2)35-62(58,59)60)28-23-39-21-20-38(49(39)55(41-15-9-7-10-16-41)42-17-11-8-12-18-42)22-27-47-51(5,6)44-34-40(52)24-26-46(44)53(47)30-13-14-32-61(56)57/h7-11,15-17,19,22-28,33-34,37,61H,13-14,20-21,29-32,35H2,1-6H3/p+1. The van der Waals surface area contributed by atoms with E-state index in [2.05, 4.69) is 134 Å². The second-order valence-electron chi connectivity index (χ2n) is 17.8. The maximum atomic E-state index is 11.8. The molecule has 8 nitrogen and oxygen atoms in total. The summed E-state index contributed by atoms with van der Waals surface area (Å²) >= 11 is 6.59. The van der Waals surface area contributed by atoms with Crippen LogP contribution in [0.3, 0.4) is 0 Å². The van der Waals surface area contributed by atoms with Gasteiger partial charge in [-0.25, -0.2) is 8.42 Å². The van der Waals surface area contributed by atoms with Crippen LogP contribution in [-0.4, -0.2) is 56.3 Å². The maximum absolute atomic E-state index is 11.8. The van der Waals surface area contributed by atoms with Gasteiger partial charge >= 0.3 is 0 Å². The average Bonchev–Trinajstić information content (AvgIpc) is 3.77. The minimum absolute atomic E-state index is 0.170. The van der Waals surface area contributed by atoms with Crippen molar-refractivity contribution in [3.8, 4) is 0 Å². The quantitative estimate of drug-likeness (QED) is 0.0500. The third-order valence-electron chi connectivity index (χ3n) is 12.5. The van der Waals surface area contributed by atoms with Crippen molar-refractivity contribution in [1.29, 1.82) is 0 Å². The van der Waals surface area contributed by atoms with E-state index in [1.165, 1.54) is 11.1 Å². The Hall–Kier alpha value is -4.92. The molecule has 1 unspecified atom stereocenters. The fourth-order valence-corrected chi connectivity index (χ4v) is 10.9. The molecule has 0 bridgehead atoms. The molecular weight excluding hydrogens is 834 g/mol. The fraction of sp³-hybridized carbons (Fsp3) is 0.353. The largest absolute Gasteiger partial charge is 0.344 e. The van der Waals surface area contributed by atoms with Crippen LogP contribution in [0.15, 0.2) is 132 Å². The fourth-order valence-electron chi connectivity index (χ4n) is 9.35. The highest BCUT2D eigenvalue weighted by Crippen LogP contribution is 2.49. The molecule has 3 aliphatic rings. The lowest BCUT2D eigenvalue weighted by molar-refractivity contribution is -0.438. The summed E-state index contributed by atoms with van der Waals surface area (Å²) in [4.78, 5) is 4.61. The average molecular weight is 892 g/mol. The molecule has 0 fully saturated rings. The highest BCUT2D eigenvalue weighted by Gasteiger charge is 2.45. The molecule has 1 N–H and O–H groups in total. The van der Waals surface area contributed by atoms with Gasteiger partial charge in [0.1, 0.15) is 17.2 Å². The third kappa shape index (κ3) is 9.67. The van der Waals surface area contributed by atoms with Gasteiger partial charge in [-0.1, -0.05) is 92.6 Å². The summed E-state index contributed by atoms with van der Waals surface area (Å²) in [6.45, 7) is 14.2. The number of fused-ring (bicyclic) bond motifs is 2. The predicted octanol–water partition coefficient (Wildman–Crippen LogP) is 11.0. The number of hydrogen-bond acceptors (Lipinski definition) is 6. The molecule has 0 amide bonds. The summed E-state index contributed by atoms with van der Waals surface area (Å²) in [6, 6.07) is 35.4. The number of unbranched alkanes of at least 4 members (excludes halogenated alkanes) is 1.